The van der Waals surface area contributed by atoms with Gasteiger partial charge in [0.2, 0.25) is 0 Å². The third-order valence-electron chi connectivity index (χ3n) is 5.09. The number of benzene rings is 2. The van der Waals surface area contributed by atoms with Gasteiger partial charge in [0, 0.05) is 17.1 Å². The summed E-state index contributed by atoms with van der Waals surface area (Å²) in [7, 11) is 0. The highest BCUT2D eigenvalue weighted by molar-refractivity contribution is 5.95. The number of fused-ring (bicyclic) bond motifs is 1. The summed E-state index contributed by atoms with van der Waals surface area (Å²) >= 11 is 0. The lowest BCUT2D eigenvalue weighted by Gasteiger charge is -2.14. The van der Waals surface area contributed by atoms with E-state index in [1.54, 1.807) is 0 Å². The lowest BCUT2D eigenvalue weighted by Crippen LogP contribution is -2.00. The Morgan fingerprint density at radius 3 is 1.79 bits per heavy atom. The quantitative estimate of drug-likeness (QED) is 0.418. The van der Waals surface area contributed by atoms with Crippen molar-refractivity contribution in [2.24, 2.45) is 17.8 Å². The molecule has 3 aromatic rings. The highest BCUT2D eigenvalue weighted by Gasteiger charge is 2.11. The number of hydrogen-bond acceptors (Lipinski definition) is 1. The molecule has 0 aliphatic carbocycles. The summed E-state index contributed by atoms with van der Waals surface area (Å²) in [6, 6.07) is 16.1. The molecule has 1 aromatic heterocycles. The molecule has 0 radical (unpaired) electrons. The summed E-state index contributed by atoms with van der Waals surface area (Å²) < 4.78 is 0. The van der Waals surface area contributed by atoms with Gasteiger partial charge in [0.25, 0.3) is 0 Å². The molecular formula is C27H35N. The van der Waals surface area contributed by atoms with E-state index in [1.807, 2.05) is 6.20 Å². The van der Waals surface area contributed by atoms with Crippen LogP contribution in [0.2, 0.25) is 0 Å². The van der Waals surface area contributed by atoms with Crippen LogP contribution in [0.3, 0.4) is 0 Å². The topological polar surface area (TPSA) is 12.9 Å². The van der Waals surface area contributed by atoms with Gasteiger partial charge in [-0.3, -0.25) is 4.98 Å². The van der Waals surface area contributed by atoms with E-state index in [0.29, 0.717) is 17.8 Å². The highest BCUT2D eigenvalue weighted by atomic mass is 14.7. The molecule has 28 heavy (non-hydrogen) atoms. The van der Waals surface area contributed by atoms with Crippen LogP contribution in [0.1, 0.15) is 58.2 Å². The van der Waals surface area contributed by atoms with Crippen LogP contribution in [0, 0.1) is 17.8 Å². The van der Waals surface area contributed by atoms with E-state index in [9.17, 15) is 0 Å². The fourth-order valence-electron chi connectivity index (χ4n) is 4.13. The van der Waals surface area contributed by atoms with E-state index in [-0.39, 0.29) is 0 Å². The molecule has 3 rings (SSSR count). The van der Waals surface area contributed by atoms with Gasteiger partial charge in [-0.15, -0.1) is 0 Å². The van der Waals surface area contributed by atoms with Crippen LogP contribution in [-0.2, 0) is 19.3 Å². The highest BCUT2D eigenvalue weighted by Crippen LogP contribution is 2.30. The summed E-state index contributed by atoms with van der Waals surface area (Å²) in [5.41, 5.74) is 6.64. The molecule has 148 valence electrons. The van der Waals surface area contributed by atoms with E-state index >= 15 is 0 Å². The molecule has 1 heterocycles. The van der Waals surface area contributed by atoms with E-state index in [0.717, 1.165) is 25.0 Å². The molecule has 0 spiro atoms. The third kappa shape index (κ3) is 5.22. The molecule has 0 aliphatic heterocycles. The monoisotopic (exact) mass is 373 g/mol. The molecule has 0 saturated carbocycles. The van der Waals surface area contributed by atoms with Crippen LogP contribution >= 0.6 is 0 Å². The lowest BCUT2D eigenvalue weighted by molar-refractivity contribution is 0.636. The van der Waals surface area contributed by atoms with Crippen molar-refractivity contribution in [1.29, 1.82) is 0 Å². The third-order valence-corrected chi connectivity index (χ3v) is 5.09. The first-order chi connectivity index (χ1) is 13.3. The van der Waals surface area contributed by atoms with Crippen molar-refractivity contribution in [1.82, 2.24) is 4.98 Å². The van der Waals surface area contributed by atoms with Crippen molar-refractivity contribution in [3.63, 3.8) is 0 Å². The molecule has 0 amide bonds. The van der Waals surface area contributed by atoms with Crippen LogP contribution < -0.4 is 0 Å². The summed E-state index contributed by atoms with van der Waals surface area (Å²) in [6.07, 6.45) is 5.31. The number of aromatic nitrogens is 1. The Morgan fingerprint density at radius 2 is 1.21 bits per heavy atom. The average molecular weight is 374 g/mol. The SMILES string of the molecule is CC(C)Cc1cc(CC(C)C)cc(-c2nccc3cc(CC(C)C)ccc23)c1. The van der Waals surface area contributed by atoms with Gasteiger partial charge in [-0.1, -0.05) is 65.8 Å². The lowest BCUT2D eigenvalue weighted by atomic mass is 9.92. The zero-order chi connectivity index (χ0) is 20.3. The van der Waals surface area contributed by atoms with Crippen LogP contribution in [0.25, 0.3) is 22.0 Å². The standard InChI is InChI=1S/C27H35N/c1-18(2)11-21-7-8-26-24(15-21)9-10-28-27(26)25-16-22(12-19(3)4)14-23(17-25)13-20(5)6/h7-10,14-20H,11-13H2,1-6H3. The Bertz CT molecular complexity index is 906. The molecule has 1 heteroatoms. The van der Waals surface area contributed by atoms with Gasteiger partial charge in [0.05, 0.1) is 5.69 Å². The van der Waals surface area contributed by atoms with E-state index < -0.39 is 0 Å². The molecule has 0 aliphatic rings. The molecule has 2 aromatic carbocycles. The van der Waals surface area contributed by atoms with Gasteiger partial charge in [-0.2, -0.15) is 0 Å². The van der Waals surface area contributed by atoms with Crippen molar-refractivity contribution < 1.29 is 0 Å². The van der Waals surface area contributed by atoms with E-state index in [2.05, 4.69) is 84.0 Å². The first-order valence-electron chi connectivity index (χ1n) is 10.8. The normalized spacial score (nSPS) is 11.9. The summed E-state index contributed by atoms with van der Waals surface area (Å²) in [6.45, 7) is 13.7. The van der Waals surface area contributed by atoms with E-state index in [4.69, 9.17) is 4.98 Å². The average Bonchev–Trinajstić information content (AvgIpc) is 2.59. The van der Waals surface area contributed by atoms with Crippen molar-refractivity contribution in [3.05, 3.63) is 65.4 Å². The molecule has 0 saturated heterocycles. The second-order valence-corrected chi connectivity index (χ2v) is 9.55. The maximum Gasteiger partial charge on any atom is 0.0780 e. The fraction of sp³-hybridized carbons (Fsp3) is 0.444. The summed E-state index contributed by atoms with van der Waals surface area (Å²) in [4.78, 5) is 4.81. The second-order valence-electron chi connectivity index (χ2n) is 9.55. The first-order valence-corrected chi connectivity index (χ1v) is 10.8. The zero-order valence-corrected chi connectivity index (χ0v) is 18.4. The Hall–Kier alpha value is -2.15. The van der Waals surface area contributed by atoms with Crippen LogP contribution in [0.15, 0.2) is 48.7 Å². The number of nitrogens with zero attached hydrogens (tertiary/aromatic N) is 1. The first kappa shape index (κ1) is 20.6. The van der Waals surface area contributed by atoms with Crippen molar-refractivity contribution in [2.45, 2.75) is 60.8 Å². The van der Waals surface area contributed by atoms with Crippen LogP contribution in [-0.4, -0.2) is 4.98 Å². The van der Waals surface area contributed by atoms with Gasteiger partial charge < -0.3 is 0 Å². The molecule has 0 atom stereocenters. The molecule has 0 bridgehead atoms. The summed E-state index contributed by atoms with van der Waals surface area (Å²) in [5.74, 6) is 1.98. The number of rotatable bonds is 7. The second kappa shape index (κ2) is 8.90. The minimum atomic E-state index is 0.654. The van der Waals surface area contributed by atoms with Crippen molar-refractivity contribution >= 4 is 10.8 Å². The number of pyridine rings is 1. The number of hydrogen-bond donors (Lipinski definition) is 0. The molecule has 0 fully saturated rings. The predicted octanol–water partition coefficient (Wildman–Crippen LogP) is 7.50. The van der Waals surface area contributed by atoms with Gasteiger partial charge in [-0.05, 0) is 77.3 Å². The molecule has 1 nitrogen and oxygen atoms in total. The van der Waals surface area contributed by atoms with Crippen molar-refractivity contribution in [3.8, 4) is 11.3 Å². The minimum absolute atomic E-state index is 0.654. The van der Waals surface area contributed by atoms with Gasteiger partial charge >= 0.3 is 0 Å². The van der Waals surface area contributed by atoms with Gasteiger partial charge in [0.15, 0.2) is 0 Å². The maximum atomic E-state index is 4.81. The maximum absolute atomic E-state index is 4.81. The predicted molar refractivity (Wildman–Crippen MR) is 123 cm³/mol. The fourth-order valence-corrected chi connectivity index (χ4v) is 4.13. The van der Waals surface area contributed by atoms with Gasteiger partial charge in [-0.25, -0.2) is 0 Å². The smallest absolute Gasteiger partial charge is 0.0780 e. The Balaban J connectivity index is 2.09. The Labute approximate surface area is 171 Å². The molecule has 0 unspecified atom stereocenters. The largest absolute Gasteiger partial charge is 0.256 e. The zero-order valence-electron chi connectivity index (χ0n) is 18.4. The van der Waals surface area contributed by atoms with E-state index in [1.165, 1.54) is 33.0 Å². The van der Waals surface area contributed by atoms with Crippen molar-refractivity contribution in [2.75, 3.05) is 0 Å². The molecule has 0 N–H and O–H groups in total. The Kier molecular flexibility index (Phi) is 6.54. The van der Waals surface area contributed by atoms with Crippen LogP contribution in [0.5, 0.6) is 0 Å². The summed E-state index contributed by atoms with van der Waals surface area (Å²) in [5, 5.41) is 2.55. The minimum Gasteiger partial charge on any atom is -0.256 e. The Morgan fingerprint density at radius 1 is 0.643 bits per heavy atom. The van der Waals surface area contributed by atoms with Gasteiger partial charge in [0.1, 0.15) is 0 Å². The molecular weight excluding hydrogens is 338 g/mol. The van der Waals surface area contributed by atoms with Crippen LogP contribution in [0.4, 0.5) is 0 Å².